The standard InChI is InChI=1S/C16H17N3O2/c1-9-3-5-11(6-4-9)10(2)18-13-8-14-15(7-12(13)17)21-16(20)19-14/h3-8,10,18H,17H2,1-2H3,(H,19,20). The topological polar surface area (TPSA) is 84.0 Å². The number of H-pyrrole nitrogens is 1. The van der Waals surface area contributed by atoms with Crippen molar-refractivity contribution in [3.8, 4) is 0 Å². The zero-order valence-corrected chi connectivity index (χ0v) is 11.9. The molecule has 0 spiro atoms. The number of rotatable bonds is 3. The Kier molecular flexibility index (Phi) is 3.17. The fourth-order valence-electron chi connectivity index (χ4n) is 2.31. The third-order valence-corrected chi connectivity index (χ3v) is 3.54. The fraction of sp³-hybridized carbons (Fsp3) is 0.188. The Morgan fingerprint density at radius 2 is 1.95 bits per heavy atom. The summed E-state index contributed by atoms with van der Waals surface area (Å²) in [5, 5.41) is 3.36. The number of hydrogen-bond acceptors (Lipinski definition) is 4. The Morgan fingerprint density at radius 1 is 1.24 bits per heavy atom. The van der Waals surface area contributed by atoms with Gasteiger partial charge in [-0.05, 0) is 25.5 Å². The zero-order chi connectivity index (χ0) is 15.0. The summed E-state index contributed by atoms with van der Waals surface area (Å²) in [6.45, 7) is 4.12. The van der Waals surface area contributed by atoms with Crippen molar-refractivity contribution in [2.24, 2.45) is 0 Å². The lowest BCUT2D eigenvalue weighted by molar-refractivity contribution is 0.555. The molecule has 0 radical (unpaired) electrons. The number of aromatic amines is 1. The Hall–Kier alpha value is -2.69. The third-order valence-electron chi connectivity index (χ3n) is 3.54. The number of hydrogen-bond donors (Lipinski definition) is 3. The highest BCUT2D eigenvalue weighted by molar-refractivity contribution is 5.85. The van der Waals surface area contributed by atoms with Crippen molar-refractivity contribution in [2.75, 3.05) is 11.1 Å². The molecular formula is C16H17N3O2. The Morgan fingerprint density at radius 3 is 2.67 bits per heavy atom. The zero-order valence-electron chi connectivity index (χ0n) is 11.9. The minimum absolute atomic E-state index is 0.101. The number of benzene rings is 2. The van der Waals surface area contributed by atoms with Gasteiger partial charge in [0, 0.05) is 12.1 Å². The Bertz CT molecular complexity index is 831. The van der Waals surface area contributed by atoms with E-state index in [0.29, 0.717) is 16.8 Å². The number of fused-ring (bicyclic) bond motifs is 1. The molecule has 5 nitrogen and oxygen atoms in total. The first-order valence-electron chi connectivity index (χ1n) is 6.78. The highest BCUT2D eigenvalue weighted by atomic mass is 16.4. The molecule has 0 saturated heterocycles. The molecule has 3 rings (SSSR count). The summed E-state index contributed by atoms with van der Waals surface area (Å²) < 4.78 is 4.99. The highest BCUT2D eigenvalue weighted by Gasteiger charge is 2.10. The molecule has 1 aromatic heterocycles. The first kappa shape index (κ1) is 13.3. The molecule has 108 valence electrons. The molecular weight excluding hydrogens is 266 g/mol. The van der Waals surface area contributed by atoms with E-state index in [2.05, 4.69) is 48.4 Å². The second-order valence-corrected chi connectivity index (χ2v) is 5.23. The van der Waals surface area contributed by atoms with Gasteiger partial charge >= 0.3 is 5.76 Å². The minimum atomic E-state index is -0.479. The molecule has 0 bridgehead atoms. The van der Waals surface area contributed by atoms with Gasteiger partial charge in [0.05, 0.1) is 16.9 Å². The number of nitrogens with one attached hydrogen (secondary N) is 2. The summed E-state index contributed by atoms with van der Waals surface area (Å²) in [5.41, 5.74) is 10.8. The average molecular weight is 283 g/mol. The van der Waals surface area contributed by atoms with Crippen LogP contribution in [0.3, 0.4) is 0 Å². The van der Waals surface area contributed by atoms with Crippen molar-refractivity contribution in [1.29, 1.82) is 0 Å². The average Bonchev–Trinajstić information content (AvgIpc) is 2.79. The van der Waals surface area contributed by atoms with Crippen LogP contribution in [-0.2, 0) is 0 Å². The van der Waals surface area contributed by atoms with Gasteiger partial charge in [0.2, 0.25) is 0 Å². The molecule has 4 N–H and O–H groups in total. The molecule has 0 amide bonds. The smallest absolute Gasteiger partial charge is 0.408 e. The molecule has 1 atom stereocenters. The second-order valence-electron chi connectivity index (χ2n) is 5.23. The molecule has 0 fully saturated rings. The van der Waals surface area contributed by atoms with E-state index in [1.54, 1.807) is 12.1 Å². The number of nitrogens with two attached hydrogens (primary N) is 1. The van der Waals surface area contributed by atoms with E-state index in [-0.39, 0.29) is 6.04 Å². The Labute approximate surface area is 121 Å². The lowest BCUT2D eigenvalue weighted by Crippen LogP contribution is -2.08. The summed E-state index contributed by atoms with van der Waals surface area (Å²) in [6.07, 6.45) is 0. The summed E-state index contributed by atoms with van der Waals surface area (Å²) in [6, 6.07) is 11.9. The van der Waals surface area contributed by atoms with Crippen molar-refractivity contribution < 1.29 is 4.42 Å². The molecule has 2 aromatic carbocycles. The summed E-state index contributed by atoms with van der Waals surface area (Å²) >= 11 is 0. The molecule has 0 aliphatic carbocycles. The quantitative estimate of drug-likeness (QED) is 0.644. The van der Waals surface area contributed by atoms with Crippen LogP contribution in [0, 0.1) is 6.92 Å². The fourth-order valence-corrected chi connectivity index (χ4v) is 2.31. The van der Waals surface area contributed by atoms with Crippen LogP contribution < -0.4 is 16.8 Å². The van der Waals surface area contributed by atoms with Gasteiger partial charge in [-0.3, -0.25) is 4.98 Å². The maximum atomic E-state index is 11.2. The van der Waals surface area contributed by atoms with E-state index >= 15 is 0 Å². The predicted molar refractivity (Wildman–Crippen MR) is 84.5 cm³/mol. The van der Waals surface area contributed by atoms with Gasteiger partial charge in [-0.1, -0.05) is 29.8 Å². The van der Waals surface area contributed by atoms with Crippen molar-refractivity contribution >= 4 is 22.5 Å². The highest BCUT2D eigenvalue weighted by Crippen LogP contribution is 2.28. The van der Waals surface area contributed by atoms with Crippen LogP contribution in [0.5, 0.6) is 0 Å². The van der Waals surface area contributed by atoms with Crippen LogP contribution in [0.2, 0.25) is 0 Å². The number of aryl methyl sites for hydroxylation is 1. The molecule has 1 heterocycles. The lowest BCUT2D eigenvalue weighted by atomic mass is 10.1. The van der Waals surface area contributed by atoms with Gasteiger partial charge < -0.3 is 15.5 Å². The van der Waals surface area contributed by atoms with Crippen LogP contribution in [0.25, 0.3) is 11.1 Å². The molecule has 5 heteroatoms. The molecule has 0 aliphatic heterocycles. The molecule has 21 heavy (non-hydrogen) atoms. The van der Waals surface area contributed by atoms with E-state index in [0.717, 1.165) is 5.69 Å². The van der Waals surface area contributed by atoms with Crippen molar-refractivity contribution in [3.63, 3.8) is 0 Å². The van der Waals surface area contributed by atoms with E-state index in [1.165, 1.54) is 11.1 Å². The molecule has 0 saturated carbocycles. The minimum Gasteiger partial charge on any atom is -0.408 e. The van der Waals surface area contributed by atoms with Gasteiger partial charge in [-0.25, -0.2) is 4.79 Å². The first-order valence-corrected chi connectivity index (χ1v) is 6.78. The SMILES string of the molecule is Cc1ccc(C(C)Nc2cc3[nH]c(=O)oc3cc2N)cc1. The number of anilines is 2. The molecule has 3 aromatic rings. The van der Waals surface area contributed by atoms with Crippen LogP contribution in [0.4, 0.5) is 11.4 Å². The predicted octanol–water partition coefficient (Wildman–Crippen LogP) is 3.18. The van der Waals surface area contributed by atoms with Gasteiger partial charge in [-0.15, -0.1) is 0 Å². The Balaban J connectivity index is 1.91. The van der Waals surface area contributed by atoms with Gasteiger partial charge in [0.25, 0.3) is 0 Å². The largest absolute Gasteiger partial charge is 0.417 e. The van der Waals surface area contributed by atoms with E-state index in [9.17, 15) is 4.79 Å². The lowest BCUT2D eigenvalue weighted by Gasteiger charge is -2.17. The summed E-state index contributed by atoms with van der Waals surface area (Å²) in [4.78, 5) is 13.8. The maximum Gasteiger partial charge on any atom is 0.417 e. The monoisotopic (exact) mass is 283 g/mol. The van der Waals surface area contributed by atoms with E-state index in [4.69, 9.17) is 10.2 Å². The molecule has 1 unspecified atom stereocenters. The van der Waals surface area contributed by atoms with Gasteiger partial charge in [0.15, 0.2) is 5.58 Å². The third kappa shape index (κ3) is 2.63. The number of nitrogen functional groups attached to an aromatic ring is 1. The van der Waals surface area contributed by atoms with Crippen molar-refractivity contribution in [3.05, 3.63) is 58.1 Å². The summed E-state index contributed by atoms with van der Waals surface area (Å²) in [7, 11) is 0. The first-order chi connectivity index (χ1) is 10.0. The van der Waals surface area contributed by atoms with E-state index < -0.39 is 5.76 Å². The van der Waals surface area contributed by atoms with Crippen LogP contribution in [-0.4, -0.2) is 4.98 Å². The number of oxazole rings is 1. The normalized spacial score (nSPS) is 12.5. The second kappa shape index (κ2) is 5.01. The molecule has 0 aliphatic rings. The van der Waals surface area contributed by atoms with Crippen molar-refractivity contribution in [1.82, 2.24) is 4.98 Å². The van der Waals surface area contributed by atoms with Crippen LogP contribution in [0.1, 0.15) is 24.1 Å². The van der Waals surface area contributed by atoms with Gasteiger partial charge in [0.1, 0.15) is 0 Å². The maximum absolute atomic E-state index is 11.2. The van der Waals surface area contributed by atoms with E-state index in [1.807, 2.05) is 0 Å². The van der Waals surface area contributed by atoms with Crippen LogP contribution in [0.15, 0.2) is 45.6 Å². The number of aromatic nitrogens is 1. The van der Waals surface area contributed by atoms with Crippen LogP contribution >= 0.6 is 0 Å². The summed E-state index contributed by atoms with van der Waals surface area (Å²) in [5.74, 6) is -0.479. The van der Waals surface area contributed by atoms with Crippen molar-refractivity contribution in [2.45, 2.75) is 19.9 Å². The van der Waals surface area contributed by atoms with Gasteiger partial charge in [-0.2, -0.15) is 0 Å².